The minimum absolute atomic E-state index is 0. The van der Waals surface area contributed by atoms with Gasteiger partial charge in [0.25, 0.3) is 0 Å². The second kappa shape index (κ2) is 8.50. The first kappa shape index (κ1) is 17.2. The lowest BCUT2D eigenvalue weighted by Gasteiger charge is -2.29. The smallest absolute Gasteiger partial charge is 0.229 e. The Labute approximate surface area is 142 Å². The van der Waals surface area contributed by atoms with Gasteiger partial charge in [0.1, 0.15) is 5.82 Å². The number of rotatable bonds is 4. The van der Waals surface area contributed by atoms with Gasteiger partial charge >= 0.3 is 0 Å². The fourth-order valence-corrected chi connectivity index (χ4v) is 2.54. The fourth-order valence-electron chi connectivity index (χ4n) is 2.54. The highest BCUT2D eigenvalue weighted by atomic mass is 35.5. The van der Waals surface area contributed by atoms with E-state index in [0.29, 0.717) is 12.2 Å². The molecule has 23 heavy (non-hydrogen) atoms. The van der Waals surface area contributed by atoms with Crippen molar-refractivity contribution < 1.29 is 4.79 Å². The average molecular weight is 333 g/mol. The van der Waals surface area contributed by atoms with E-state index in [1.54, 1.807) is 0 Å². The summed E-state index contributed by atoms with van der Waals surface area (Å²) in [5.41, 5.74) is 2.10. The van der Waals surface area contributed by atoms with E-state index in [0.717, 1.165) is 37.4 Å². The Morgan fingerprint density at radius 1 is 1.13 bits per heavy atom. The number of anilines is 2. The lowest BCUT2D eigenvalue weighted by Crippen LogP contribution is -2.43. The van der Waals surface area contributed by atoms with Gasteiger partial charge in [0, 0.05) is 26.2 Å². The molecule has 0 saturated carbocycles. The molecule has 3 rings (SSSR count). The molecule has 6 heteroatoms. The first-order valence-electron chi connectivity index (χ1n) is 7.57. The molecule has 0 aliphatic carbocycles. The molecule has 1 saturated heterocycles. The molecule has 0 spiro atoms. The number of carbonyl (C=O) groups excluding carboxylic acids is 1. The molecule has 1 aromatic heterocycles. The van der Waals surface area contributed by atoms with Crippen molar-refractivity contribution in [2.24, 2.45) is 0 Å². The largest absolute Gasteiger partial charge is 0.368 e. The molecule has 122 valence electrons. The molecule has 1 amide bonds. The van der Waals surface area contributed by atoms with E-state index in [1.807, 2.05) is 48.7 Å². The highest BCUT2D eigenvalue weighted by molar-refractivity contribution is 5.91. The predicted molar refractivity (Wildman–Crippen MR) is 95.3 cm³/mol. The second-order valence-corrected chi connectivity index (χ2v) is 5.35. The monoisotopic (exact) mass is 332 g/mol. The minimum atomic E-state index is -0.0476. The van der Waals surface area contributed by atoms with Gasteiger partial charge in [0.05, 0.1) is 18.3 Å². The van der Waals surface area contributed by atoms with Gasteiger partial charge in [-0.25, -0.2) is 4.98 Å². The summed E-state index contributed by atoms with van der Waals surface area (Å²) in [5.74, 6) is 0.549. The third-order valence-electron chi connectivity index (χ3n) is 3.71. The summed E-state index contributed by atoms with van der Waals surface area (Å²) in [6, 6.07) is 13.6. The zero-order chi connectivity index (χ0) is 15.2. The number of piperazine rings is 1. The van der Waals surface area contributed by atoms with Crippen LogP contribution >= 0.6 is 12.4 Å². The number of carbonyl (C=O) groups is 1. The first-order valence-corrected chi connectivity index (χ1v) is 7.57. The molecule has 0 bridgehead atoms. The summed E-state index contributed by atoms with van der Waals surface area (Å²) < 4.78 is 0. The highest BCUT2D eigenvalue weighted by Crippen LogP contribution is 2.15. The average Bonchev–Trinajstić information content (AvgIpc) is 2.57. The Kier molecular flexibility index (Phi) is 6.38. The summed E-state index contributed by atoms with van der Waals surface area (Å²) in [6.07, 6.45) is 2.19. The van der Waals surface area contributed by atoms with E-state index < -0.39 is 0 Å². The van der Waals surface area contributed by atoms with Crippen LogP contribution in [-0.2, 0) is 11.2 Å². The molecular weight excluding hydrogens is 312 g/mol. The summed E-state index contributed by atoms with van der Waals surface area (Å²) in [5, 5.41) is 6.17. The van der Waals surface area contributed by atoms with Crippen molar-refractivity contribution in [1.29, 1.82) is 0 Å². The maximum absolute atomic E-state index is 12.0. The third-order valence-corrected chi connectivity index (χ3v) is 3.71. The van der Waals surface area contributed by atoms with E-state index in [9.17, 15) is 4.79 Å². The van der Waals surface area contributed by atoms with Crippen LogP contribution in [0.5, 0.6) is 0 Å². The molecule has 1 aliphatic heterocycles. The van der Waals surface area contributed by atoms with E-state index in [2.05, 4.69) is 20.5 Å². The Morgan fingerprint density at radius 3 is 2.52 bits per heavy atom. The number of amides is 1. The molecule has 0 radical (unpaired) electrons. The number of pyridine rings is 1. The Morgan fingerprint density at radius 2 is 1.87 bits per heavy atom. The topological polar surface area (TPSA) is 57.3 Å². The van der Waals surface area contributed by atoms with E-state index in [4.69, 9.17) is 0 Å². The van der Waals surface area contributed by atoms with Crippen LogP contribution in [-0.4, -0.2) is 37.1 Å². The van der Waals surface area contributed by atoms with Crippen molar-refractivity contribution in [3.8, 4) is 0 Å². The van der Waals surface area contributed by atoms with Crippen molar-refractivity contribution in [3.63, 3.8) is 0 Å². The van der Waals surface area contributed by atoms with Crippen LogP contribution < -0.4 is 15.5 Å². The van der Waals surface area contributed by atoms with E-state index in [1.165, 1.54) is 0 Å². The molecule has 1 aliphatic rings. The maximum Gasteiger partial charge on any atom is 0.229 e. The molecule has 0 unspecified atom stereocenters. The van der Waals surface area contributed by atoms with Gasteiger partial charge in [-0.15, -0.1) is 12.4 Å². The molecule has 2 heterocycles. The molecule has 1 fully saturated rings. The van der Waals surface area contributed by atoms with Gasteiger partial charge in [-0.05, 0) is 17.7 Å². The normalized spacial score (nSPS) is 14.0. The van der Waals surface area contributed by atoms with E-state index in [-0.39, 0.29) is 18.3 Å². The summed E-state index contributed by atoms with van der Waals surface area (Å²) in [6.45, 7) is 3.97. The van der Waals surface area contributed by atoms with E-state index >= 15 is 0 Å². The van der Waals surface area contributed by atoms with Gasteiger partial charge in [0.15, 0.2) is 0 Å². The quantitative estimate of drug-likeness (QED) is 0.900. The van der Waals surface area contributed by atoms with Crippen LogP contribution in [0.3, 0.4) is 0 Å². The van der Waals surface area contributed by atoms with Crippen LogP contribution in [0, 0.1) is 0 Å². The molecular formula is C17H21ClN4O. The molecule has 0 atom stereocenters. The summed E-state index contributed by atoms with van der Waals surface area (Å²) in [4.78, 5) is 18.6. The van der Waals surface area contributed by atoms with Gasteiger partial charge in [-0.3, -0.25) is 4.79 Å². The first-order chi connectivity index (χ1) is 10.8. The van der Waals surface area contributed by atoms with Gasteiger partial charge < -0.3 is 15.5 Å². The number of nitrogens with zero attached hydrogens (tertiary/aromatic N) is 2. The van der Waals surface area contributed by atoms with Gasteiger partial charge in [0.2, 0.25) is 5.91 Å². The van der Waals surface area contributed by atoms with Crippen LogP contribution in [0.25, 0.3) is 0 Å². The molecule has 5 nitrogen and oxygen atoms in total. The van der Waals surface area contributed by atoms with Crippen molar-refractivity contribution in [2.45, 2.75) is 6.42 Å². The van der Waals surface area contributed by atoms with Crippen LogP contribution in [0.15, 0.2) is 48.7 Å². The lowest BCUT2D eigenvalue weighted by molar-refractivity contribution is -0.115. The molecule has 2 aromatic rings. The van der Waals surface area contributed by atoms with Crippen molar-refractivity contribution in [3.05, 3.63) is 54.2 Å². The highest BCUT2D eigenvalue weighted by Gasteiger charge is 2.11. The maximum atomic E-state index is 12.0. The number of hydrogen-bond acceptors (Lipinski definition) is 4. The number of hydrogen-bond donors (Lipinski definition) is 2. The van der Waals surface area contributed by atoms with Gasteiger partial charge in [-0.1, -0.05) is 30.3 Å². The zero-order valence-corrected chi connectivity index (χ0v) is 13.7. The third kappa shape index (κ3) is 4.94. The summed E-state index contributed by atoms with van der Waals surface area (Å²) in [7, 11) is 0. The molecule has 2 N–H and O–H groups in total. The zero-order valence-electron chi connectivity index (χ0n) is 12.9. The standard InChI is InChI=1S/C17H20N4O.ClH/c22-17(12-14-4-2-1-3-5-14)20-16-7-6-15(13-19-16)21-10-8-18-9-11-21;/h1-7,13,18H,8-12H2,(H,19,20,22);1H. The number of benzene rings is 1. The van der Waals surface area contributed by atoms with Crippen LogP contribution in [0.2, 0.25) is 0 Å². The fraction of sp³-hybridized carbons (Fsp3) is 0.294. The number of aromatic nitrogens is 1. The Bertz CT molecular complexity index is 612. The lowest BCUT2D eigenvalue weighted by atomic mass is 10.1. The van der Waals surface area contributed by atoms with Crippen molar-refractivity contribution in [2.75, 3.05) is 36.4 Å². The Hall–Kier alpha value is -2.11. The Balaban J connectivity index is 0.00000192. The number of halogens is 1. The van der Waals surface area contributed by atoms with Gasteiger partial charge in [-0.2, -0.15) is 0 Å². The second-order valence-electron chi connectivity index (χ2n) is 5.35. The molecule has 1 aromatic carbocycles. The van der Waals surface area contributed by atoms with Crippen LogP contribution in [0.4, 0.5) is 11.5 Å². The number of nitrogens with one attached hydrogen (secondary N) is 2. The predicted octanol–water partition coefficient (Wildman–Crippen LogP) is 2.09. The van der Waals surface area contributed by atoms with Crippen molar-refractivity contribution >= 4 is 29.8 Å². The van der Waals surface area contributed by atoms with Crippen molar-refractivity contribution in [1.82, 2.24) is 10.3 Å². The van der Waals surface area contributed by atoms with Crippen LogP contribution in [0.1, 0.15) is 5.56 Å². The summed E-state index contributed by atoms with van der Waals surface area (Å²) >= 11 is 0. The SMILES string of the molecule is Cl.O=C(Cc1ccccc1)Nc1ccc(N2CCNCC2)cn1. The minimum Gasteiger partial charge on any atom is -0.368 e.